The summed E-state index contributed by atoms with van der Waals surface area (Å²) in [4.78, 5) is 7.23. The molecule has 0 aliphatic carbocycles. The number of aliphatic imine (C=N–C) groups is 1. The molecule has 1 aromatic heterocycles. The molecule has 0 spiro atoms. The number of nitrogens with one attached hydrogen (secondary N) is 1. The number of morpholine rings is 1. The zero-order valence-electron chi connectivity index (χ0n) is 17.2. The quantitative estimate of drug-likeness (QED) is 0.536. The Bertz CT molecular complexity index is 975. The molecule has 29 heavy (non-hydrogen) atoms. The third-order valence-electron chi connectivity index (χ3n) is 5.32. The predicted octanol–water partition coefficient (Wildman–Crippen LogP) is 3.15. The summed E-state index contributed by atoms with van der Waals surface area (Å²) in [6.07, 6.45) is 4.86. The van der Waals surface area contributed by atoms with Crippen LogP contribution in [-0.2, 0) is 18.2 Å². The number of guanidine groups is 1. The van der Waals surface area contributed by atoms with Crippen molar-refractivity contribution in [3.8, 4) is 0 Å². The van der Waals surface area contributed by atoms with E-state index < -0.39 is 0 Å². The van der Waals surface area contributed by atoms with Crippen LogP contribution in [0.15, 0.2) is 59.9 Å². The third-order valence-corrected chi connectivity index (χ3v) is 5.32. The van der Waals surface area contributed by atoms with Gasteiger partial charge in [-0.2, -0.15) is 5.10 Å². The van der Waals surface area contributed by atoms with E-state index in [1.165, 1.54) is 16.3 Å². The maximum Gasteiger partial charge on any atom is 0.194 e. The van der Waals surface area contributed by atoms with Gasteiger partial charge >= 0.3 is 0 Å². The first-order valence-electron chi connectivity index (χ1n) is 10.3. The number of hydrogen-bond acceptors (Lipinski definition) is 3. The van der Waals surface area contributed by atoms with Crippen molar-refractivity contribution in [1.29, 1.82) is 0 Å². The highest BCUT2D eigenvalue weighted by Crippen LogP contribution is 2.22. The van der Waals surface area contributed by atoms with Crippen LogP contribution in [0.4, 0.5) is 0 Å². The van der Waals surface area contributed by atoms with Gasteiger partial charge in [0.2, 0.25) is 0 Å². The van der Waals surface area contributed by atoms with Crippen LogP contribution in [-0.4, -0.2) is 53.4 Å². The van der Waals surface area contributed by atoms with E-state index in [2.05, 4.69) is 64.7 Å². The molecule has 2 aromatic carbocycles. The fourth-order valence-corrected chi connectivity index (χ4v) is 3.87. The number of rotatable bonds is 5. The number of aryl methyl sites for hydroxylation is 1. The van der Waals surface area contributed by atoms with E-state index in [1.54, 1.807) is 0 Å². The smallest absolute Gasteiger partial charge is 0.194 e. The van der Waals surface area contributed by atoms with E-state index in [9.17, 15) is 0 Å². The molecule has 0 radical (unpaired) electrons. The Morgan fingerprint density at radius 1 is 1.24 bits per heavy atom. The van der Waals surface area contributed by atoms with Gasteiger partial charge in [0.05, 0.1) is 19.3 Å². The van der Waals surface area contributed by atoms with Gasteiger partial charge < -0.3 is 15.0 Å². The first-order valence-corrected chi connectivity index (χ1v) is 10.3. The maximum absolute atomic E-state index is 5.98. The second kappa shape index (κ2) is 9.09. The fourth-order valence-electron chi connectivity index (χ4n) is 3.87. The lowest BCUT2D eigenvalue weighted by Gasteiger charge is -2.34. The second-order valence-electron chi connectivity index (χ2n) is 7.38. The Balaban J connectivity index is 1.45. The molecule has 0 amide bonds. The van der Waals surface area contributed by atoms with E-state index in [0.29, 0.717) is 6.61 Å². The molecule has 4 rings (SSSR count). The summed E-state index contributed by atoms with van der Waals surface area (Å²) in [5, 5.41) is 10.3. The lowest BCUT2D eigenvalue weighted by atomic mass is 10.0. The van der Waals surface area contributed by atoms with Gasteiger partial charge in [0.15, 0.2) is 5.96 Å². The molecule has 1 N–H and O–H groups in total. The molecule has 1 unspecified atom stereocenters. The topological polar surface area (TPSA) is 54.7 Å². The Morgan fingerprint density at radius 2 is 2.10 bits per heavy atom. The van der Waals surface area contributed by atoms with Gasteiger partial charge in [0.25, 0.3) is 0 Å². The van der Waals surface area contributed by atoms with Crippen molar-refractivity contribution in [2.24, 2.45) is 12.0 Å². The Kier molecular flexibility index (Phi) is 6.10. The van der Waals surface area contributed by atoms with Gasteiger partial charge in [-0.1, -0.05) is 42.5 Å². The predicted molar refractivity (Wildman–Crippen MR) is 117 cm³/mol. The van der Waals surface area contributed by atoms with Crippen LogP contribution in [0.5, 0.6) is 0 Å². The maximum atomic E-state index is 5.98. The number of fused-ring (bicyclic) bond motifs is 1. The third kappa shape index (κ3) is 4.59. The number of benzene rings is 2. The Morgan fingerprint density at radius 3 is 2.93 bits per heavy atom. The van der Waals surface area contributed by atoms with Crippen molar-refractivity contribution in [2.45, 2.75) is 19.4 Å². The minimum atomic E-state index is 0.0272. The molecule has 0 bridgehead atoms. The molecule has 0 saturated carbocycles. The van der Waals surface area contributed by atoms with Crippen LogP contribution in [0.2, 0.25) is 0 Å². The van der Waals surface area contributed by atoms with Crippen LogP contribution in [0.1, 0.15) is 24.2 Å². The van der Waals surface area contributed by atoms with Gasteiger partial charge in [0, 0.05) is 38.4 Å². The molecule has 152 valence electrons. The van der Waals surface area contributed by atoms with Crippen LogP contribution in [0, 0.1) is 0 Å². The number of nitrogens with zero attached hydrogens (tertiary/aromatic N) is 4. The number of ether oxygens (including phenoxy) is 1. The summed E-state index contributed by atoms with van der Waals surface area (Å²) >= 11 is 0. The molecular formula is C23H29N5O. The molecule has 1 fully saturated rings. The average Bonchev–Trinajstić information content (AvgIpc) is 3.20. The highest BCUT2D eigenvalue weighted by molar-refractivity contribution is 5.85. The zero-order chi connectivity index (χ0) is 20.1. The van der Waals surface area contributed by atoms with Gasteiger partial charge in [-0.25, -0.2) is 0 Å². The lowest BCUT2D eigenvalue weighted by Crippen LogP contribution is -2.48. The molecule has 1 aliphatic rings. The first-order chi connectivity index (χ1) is 14.2. The number of hydrogen-bond donors (Lipinski definition) is 1. The Labute approximate surface area is 172 Å². The van der Waals surface area contributed by atoms with Gasteiger partial charge in [-0.05, 0) is 29.7 Å². The summed E-state index contributed by atoms with van der Waals surface area (Å²) in [6, 6.07) is 15.1. The van der Waals surface area contributed by atoms with Crippen LogP contribution in [0.25, 0.3) is 10.8 Å². The molecule has 1 atom stereocenters. The summed E-state index contributed by atoms with van der Waals surface area (Å²) < 4.78 is 7.80. The standard InChI is InChI=1S/C23H29N5O/c1-3-24-23(28-13-14-29-22(17-28)20-15-26-27(2)16-20)25-12-11-19-9-6-8-18-7-4-5-10-21(18)19/h4-10,15-16,22H,3,11-14,17H2,1-2H3,(H,24,25). The molecule has 6 nitrogen and oxygen atoms in total. The highest BCUT2D eigenvalue weighted by atomic mass is 16.5. The molecule has 2 heterocycles. The zero-order valence-corrected chi connectivity index (χ0v) is 17.2. The minimum Gasteiger partial charge on any atom is -0.370 e. The van der Waals surface area contributed by atoms with E-state index in [-0.39, 0.29) is 6.10 Å². The average molecular weight is 392 g/mol. The fraction of sp³-hybridized carbons (Fsp3) is 0.391. The van der Waals surface area contributed by atoms with Gasteiger partial charge in [0.1, 0.15) is 6.10 Å². The molecule has 6 heteroatoms. The van der Waals surface area contributed by atoms with Crippen molar-refractivity contribution in [3.05, 3.63) is 66.0 Å². The molecular weight excluding hydrogens is 362 g/mol. The molecule has 1 aliphatic heterocycles. The van der Waals surface area contributed by atoms with Crippen LogP contribution in [0.3, 0.4) is 0 Å². The molecule has 3 aromatic rings. The van der Waals surface area contributed by atoms with E-state index in [0.717, 1.165) is 44.1 Å². The SMILES string of the molecule is CCNC(=NCCc1cccc2ccccc12)N1CCOC(c2cnn(C)c2)C1. The summed E-state index contributed by atoms with van der Waals surface area (Å²) in [7, 11) is 1.93. The largest absolute Gasteiger partial charge is 0.370 e. The van der Waals surface area contributed by atoms with Gasteiger partial charge in [-0.15, -0.1) is 0 Å². The van der Waals surface area contributed by atoms with E-state index in [4.69, 9.17) is 9.73 Å². The van der Waals surface area contributed by atoms with Crippen molar-refractivity contribution >= 4 is 16.7 Å². The van der Waals surface area contributed by atoms with E-state index in [1.807, 2.05) is 24.1 Å². The molecule has 1 saturated heterocycles. The van der Waals surface area contributed by atoms with Crippen molar-refractivity contribution in [3.63, 3.8) is 0 Å². The van der Waals surface area contributed by atoms with Crippen LogP contribution >= 0.6 is 0 Å². The Hall–Kier alpha value is -2.86. The second-order valence-corrected chi connectivity index (χ2v) is 7.38. The monoisotopic (exact) mass is 391 g/mol. The van der Waals surface area contributed by atoms with Crippen LogP contribution < -0.4 is 5.32 Å². The summed E-state index contributed by atoms with van der Waals surface area (Å²) in [6.45, 7) is 6.03. The van der Waals surface area contributed by atoms with Crippen molar-refractivity contribution in [2.75, 3.05) is 32.8 Å². The number of aromatic nitrogens is 2. The lowest BCUT2D eigenvalue weighted by molar-refractivity contribution is -0.00803. The van der Waals surface area contributed by atoms with Crippen molar-refractivity contribution in [1.82, 2.24) is 20.0 Å². The van der Waals surface area contributed by atoms with Gasteiger partial charge in [-0.3, -0.25) is 9.67 Å². The van der Waals surface area contributed by atoms with E-state index >= 15 is 0 Å². The summed E-state index contributed by atoms with van der Waals surface area (Å²) in [5.41, 5.74) is 2.46. The van der Waals surface area contributed by atoms with Crippen molar-refractivity contribution < 1.29 is 4.74 Å². The minimum absolute atomic E-state index is 0.0272. The first kappa shape index (κ1) is 19.5. The summed E-state index contributed by atoms with van der Waals surface area (Å²) in [5.74, 6) is 0.963. The highest BCUT2D eigenvalue weighted by Gasteiger charge is 2.25. The normalized spacial score (nSPS) is 17.7.